The molecule has 1 aromatic rings. The third kappa shape index (κ3) is 5.98. The molecule has 1 N–H and O–H groups in total. The van der Waals surface area contributed by atoms with E-state index in [1.54, 1.807) is 0 Å². The fraction of sp³-hybridized carbons (Fsp3) is 0.600. The van der Waals surface area contributed by atoms with E-state index in [1.807, 2.05) is 0 Å². The third-order valence-electron chi connectivity index (χ3n) is 3.27. The molecule has 0 aliphatic rings. The van der Waals surface area contributed by atoms with Crippen molar-refractivity contribution >= 4 is 15.9 Å². The van der Waals surface area contributed by atoms with E-state index in [0.717, 1.165) is 13.1 Å². The molecule has 0 aromatic heterocycles. The Morgan fingerprint density at radius 1 is 1.22 bits per heavy atom. The molecule has 0 unspecified atom stereocenters. The fourth-order valence-electron chi connectivity index (χ4n) is 1.73. The van der Waals surface area contributed by atoms with Crippen LogP contribution in [0.15, 0.2) is 28.7 Å². The first-order chi connectivity index (χ1) is 8.61. The van der Waals surface area contributed by atoms with Gasteiger partial charge in [0.25, 0.3) is 0 Å². The Labute approximate surface area is 120 Å². The van der Waals surface area contributed by atoms with E-state index >= 15 is 0 Å². The monoisotopic (exact) mass is 312 g/mol. The number of hydrogen-bond acceptors (Lipinski definition) is 2. The van der Waals surface area contributed by atoms with Crippen LogP contribution in [0.2, 0.25) is 0 Å². The third-order valence-corrected chi connectivity index (χ3v) is 4.04. The number of benzene rings is 1. The zero-order valence-corrected chi connectivity index (χ0v) is 13.3. The van der Waals surface area contributed by atoms with Crippen LogP contribution in [0.1, 0.15) is 32.3 Å². The van der Waals surface area contributed by atoms with Crippen LogP contribution in [-0.2, 0) is 6.54 Å². The second-order valence-electron chi connectivity index (χ2n) is 5.05. The minimum absolute atomic E-state index is 0.651. The van der Waals surface area contributed by atoms with Crippen molar-refractivity contribution in [1.82, 2.24) is 10.2 Å². The molecular formula is C15H25BrN2. The molecule has 0 heterocycles. The Balaban J connectivity index is 2.07. The van der Waals surface area contributed by atoms with Crippen LogP contribution >= 0.6 is 15.9 Å². The summed E-state index contributed by atoms with van der Waals surface area (Å²) in [7, 11) is 2.19. The molecule has 2 nitrogen and oxygen atoms in total. The lowest BCUT2D eigenvalue weighted by Crippen LogP contribution is -2.27. The molecular weight excluding hydrogens is 288 g/mol. The van der Waals surface area contributed by atoms with Crippen LogP contribution < -0.4 is 5.32 Å². The zero-order chi connectivity index (χ0) is 13.4. The second-order valence-corrected chi connectivity index (χ2v) is 5.90. The molecule has 0 radical (unpaired) electrons. The summed E-state index contributed by atoms with van der Waals surface area (Å²) in [5.74, 6) is 0. The van der Waals surface area contributed by atoms with Crippen LogP contribution in [0, 0.1) is 0 Å². The normalized spacial score (nSPS) is 11.4. The summed E-state index contributed by atoms with van der Waals surface area (Å²) < 4.78 is 1.19. The smallest absolute Gasteiger partial charge is 0.0220 e. The highest BCUT2D eigenvalue weighted by atomic mass is 79.9. The molecule has 3 heteroatoms. The lowest BCUT2D eigenvalue weighted by molar-refractivity contribution is 0.268. The average Bonchev–Trinajstić information content (AvgIpc) is 2.35. The average molecular weight is 313 g/mol. The van der Waals surface area contributed by atoms with E-state index in [0.29, 0.717) is 6.04 Å². The predicted molar refractivity (Wildman–Crippen MR) is 82.8 cm³/mol. The van der Waals surface area contributed by atoms with E-state index in [2.05, 4.69) is 71.3 Å². The van der Waals surface area contributed by atoms with Gasteiger partial charge in [0, 0.05) is 17.1 Å². The molecule has 0 atom stereocenters. The van der Waals surface area contributed by atoms with Crippen molar-refractivity contribution in [3.05, 3.63) is 34.3 Å². The molecule has 0 saturated carbocycles. The van der Waals surface area contributed by atoms with E-state index in [1.165, 1.54) is 29.4 Å². The minimum atomic E-state index is 0.651. The Morgan fingerprint density at radius 2 is 1.94 bits per heavy atom. The maximum atomic E-state index is 3.57. The highest BCUT2D eigenvalue weighted by molar-refractivity contribution is 9.10. The van der Waals surface area contributed by atoms with Crippen LogP contribution in [0.25, 0.3) is 0 Å². The van der Waals surface area contributed by atoms with Crippen LogP contribution in [0.4, 0.5) is 0 Å². The summed E-state index contributed by atoms with van der Waals surface area (Å²) in [5.41, 5.74) is 1.33. The molecule has 0 aliphatic carbocycles. The van der Waals surface area contributed by atoms with Gasteiger partial charge in [-0.2, -0.15) is 0 Å². The summed E-state index contributed by atoms with van der Waals surface area (Å²) in [4.78, 5) is 2.40. The fourth-order valence-corrected chi connectivity index (χ4v) is 2.16. The van der Waals surface area contributed by atoms with Gasteiger partial charge in [0.2, 0.25) is 0 Å². The summed E-state index contributed by atoms with van der Waals surface area (Å²) >= 11 is 3.57. The molecule has 1 aromatic carbocycles. The zero-order valence-electron chi connectivity index (χ0n) is 11.7. The minimum Gasteiger partial charge on any atom is -0.313 e. The lowest BCUT2D eigenvalue weighted by atomic mass is 10.2. The van der Waals surface area contributed by atoms with Crippen molar-refractivity contribution < 1.29 is 0 Å². The van der Waals surface area contributed by atoms with Crippen molar-refractivity contribution in [1.29, 1.82) is 0 Å². The molecule has 102 valence electrons. The molecule has 0 fully saturated rings. The number of rotatable bonds is 8. The maximum Gasteiger partial charge on any atom is 0.0220 e. The largest absolute Gasteiger partial charge is 0.313 e. The summed E-state index contributed by atoms with van der Waals surface area (Å²) in [6, 6.07) is 9.03. The van der Waals surface area contributed by atoms with Crippen LogP contribution in [0.5, 0.6) is 0 Å². The van der Waals surface area contributed by atoms with Gasteiger partial charge in [-0.3, -0.25) is 0 Å². The molecule has 0 spiro atoms. The van der Waals surface area contributed by atoms with Gasteiger partial charge >= 0.3 is 0 Å². The highest BCUT2D eigenvalue weighted by Gasteiger charge is 2.02. The van der Waals surface area contributed by atoms with Gasteiger partial charge in [-0.15, -0.1) is 0 Å². The van der Waals surface area contributed by atoms with Gasteiger partial charge in [0.05, 0.1) is 0 Å². The standard InChI is InChI=1S/C15H25BrN2/c1-13(2)18(3)11-7-6-10-17-12-14-8-4-5-9-15(14)16/h4-5,8-9,13,17H,6-7,10-12H2,1-3H3. The van der Waals surface area contributed by atoms with Gasteiger partial charge < -0.3 is 10.2 Å². The van der Waals surface area contributed by atoms with E-state index < -0.39 is 0 Å². The topological polar surface area (TPSA) is 15.3 Å². The van der Waals surface area contributed by atoms with Crippen molar-refractivity contribution in [3.63, 3.8) is 0 Å². The second kappa shape index (κ2) is 8.68. The molecule has 0 amide bonds. The summed E-state index contributed by atoms with van der Waals surface area (Å²) in [5, 5.41) is 3.50. The van der Waals surface area contributed by atoms with Crippen molar-refractivity contribution in [2.45, 2.75) is 39.3 Å². The predicted octanol–water partition coefficient (Wildman–Crippen LogP) is 3.66. The number of halogens is 1. The van der Waals surface area contributed by atoms with Crippen LogP contribution in [0.3, 0.4) is 0 Å². The quantitative estimate of drug-likeness (QED) is 0.737. The van der Waals surface area contributed by atoms with E-state index in [4.69, 9.17) is 0 Å². The van der Waals surface area contributed by atoms with E-state index in [9.17, 15) is 0 Å². The Morgan fingerprint density at radius 3 is 2.61 bits per heavy atom. The van der Waals surface area contributed by atoms with Gasteiger partial charge in [0.15, 0.2) is 0 Å². The number of hydrogen-bond donors (Lipinski definition) is 1. The highest BCUT2D eigenvalue weighted by Crippen LogP contribution is 2.15. The number of nitrogens with one attached hydrogen (secondary N) is 1. The first-order valence-corrected chi connectivity index (χ1v) is 7.55. The number of nitrogens with zero attached hydrogens (tertiary/aromatic N) is 1. The van der Waals surface area contributed by atoms with Gasteiger partial charge in [-0.1, -0.05) is 34.1 Å². The first-order valence-electron chi connectivity index (χ1n) is 6.75. The van der Waals surface area contributed by atoms with Crippen LogP contribution in [-0.4, -0.2) is 31.1 Å². The first kappa shape index (κ1) is 15.7. The van der Waals surface area contributed by atoms with Crippen molar-refractivity contribution in [3.8, 4) is 0 Å². The molecule has 1 rings (SSSR count). The van der Waals surface area contributed by atoms with Gasteiger partial charge in [-0.25, -0.2) is 0 Å². The molecule has 0 bridgehead atoms. The summed E-state index contributed by atoms with van der Waals surface area (Å²) in [6.07, 6.45) is 2.50. The Kier molecular flexibility index (Phi) is 7.56. The van der Waals surface area contributed by atoms with Gasteiger partial charge in [-0.05, 0) is 58.5 Å². The van der Waals surface area contributed by atoms with E-state index in [-0.39, 0.29) is 0 Å². The Bertz CT molecular complexity index is 339. The SMILES string of the molecule is CC(C)N(C)CCCCNCc1ccccc1Br. The lowest BCUT2D eigenvalue weighted by Gasteiger charge is -2.20. The molecule has 0 aliphatic heterocycles. The van der Waals surface area contributed by atoms with Crippen molar-refractivity contribution in [2.75, 3.05) is 20.1 Å². The Hall–Kier alpha value is -0.380. The van der Waals surface area contributed by atoms with Crippen molar-refractivity contribution in [2.24, 2.45) is 0 Å². The molecule has 18 heavy (non-hydrogen) atoms. The summed E-state index contributed by atoms with van der Waals surface area (Å²) in [6.45, 7) is 7.71. The number of unbranched alkanes of at least 4 members (excludes halogenated alkanes) is 1. The molecule has 0 saturated heterocycles. The maximum absolute atomic E-state index is 3.57. The van der Waals surface area contributed by atoms with Gasteiger partial charge in [0.1, 0.15) is 0 Å².